The second kappa shape index (κ2) is 8.36. The topological polar surface area (TPSA) is 48.0 Å². The molecule has 1 atom stereocenters. The fourth-order valence-corrected chi connectivity index (χ4v) is 4.14. The van der Waals surface area contributed by atoms with Gasteiger partial charge in [-0.1, -0.05) is 32.0 Å². The second-order valence-corrected chi connectivity index (χ2v) is 8.13. The predicted octanol–water partition coefficient (Wildman–Crippen LogP) is 4.63. The summed E-state index contributed by atoms with van der Waals surface area (Å²) >= 11 is 0. The van der Waals surface area contributed by atoms with Crippen molar-refractivity contribution in [3.05, 3.63) is 53.1 Å². The van der Waals surface area contributed by atoms with Crippen LogP contribution in [-0.2, 0) is 4.79 Å². The van der Waals surface area contributed by atoms with Gasteiger partial charge >= 0.3 is 0 Å². The Balaban J connectivity index is 1.47. The summed E-state index contributed by atoms with van der Waals surface area (Å²) in [5, 5.41) is 0. The third-order valence-electron chi connectivity index (χ3n) is 5.67. The van der Waals surface area contributed by atoms with Crippen molar-refractivity contribution in [2.75, 3.05) is 26.4 Å². The highest BCUT2D eigenvalue weighted by Gasteiger charge is 2.31. The number of nitrogens with zero attached hydrogens (tertiary/aromatic N) is 1. The molecule has 0 aromatic heterocycles. The molecule has 0 N–H and O–H groups in total. The van der Waals surface area contributed by atoms with Gasteiger partial charge in [0.05, 0.1) is 6.04 Å². The first kappa shape index (κ1) is 19.6. The van der Waals surface area contributed by atoms with Crippen LogP contribution in [0, 0.1) is 6.92 Å². The first-order valence-electron chi connectivity index (χ1n) is 10.5. The standard InChI is InChI=1S/C24H29NO4/c1-16(2)19-8-6-17(3)13-22(19)29-15-24(26)25-10-4-5-20(25)18-7-9-21-23(14-18)28-12-11-27-21/h6-9,13-14,16,20H,4-5,10-12,15H2,1-3H3. The monoisotopic (exact) mass is 395 g/mol. The van der Waals surface area contributed by atoms with E-state index in [1.54, 1.807) is 0 Å². The van der Waals surface area contributed by atoms with Crippen LogP contribution in [0.15, 0.2) is 36.4 Å². The molecule has 1 saturated heterocycles. The van der Waals surface area contributed by atoms with Crippen LogP contribution in [0.4, 0.5) is 0 Å². The predicted molar refractivity (Wildman–Crippen MR) is 112 cm³/mol. The van der Waals surface area contributed by atoms with Crippen LogP contribution < -0.4 is 14.2 Å². The number of aryl methyl sites for hydroxylation is 1. The van der Waals surface area contributed by atoms with Crippen LogP contribution >= 0.6 is 0 Å². The largest absolute Gasteiger partial charge is 0.486 e. The van der Waals surface area contributed by atoms with Gasteiger partial charge < -0.3 is 19.1 Å². The lowest BCUT2D eigenvalue weighted by atomic mass is 10.0. The van der Waals surface area contributed by atoms with Gasteiger partial charge in [-0.15, -0.1) is 0 Å². The van der Waals surface area contributed by atoms with Crippen molar-refractivity contribution in [1.29, 1.82) is 0 Å². The minimum Gasteiger partial charge on any atom is -0.486 e. The maximum Gasteiger partial charge on any atom is 0.261 e. The third-order valence-corrected chi connectivity index (χ3v) is 5.67. The van der Waals surface area contributed by atoms with Crippen molar-refractivity contribution in [2.24, 2.45) is 0 Å². The SMILES string of the molecule is Cc1ccc(C(C)C)c(OCC(=O)N2CCCC2c2ccc3c(c2)OCCO3)c1. The molecule has 1 fully saturated rings. The molecule has 0 aliphatic carbocycles. The molecular weight excluding hydrogens is 366 g/mol. The average Bonchev–Trinajstić information content (AvgIpc) is 3.21. The first-order valence-corrected chi connectivity index (χ1v) is 10.5. The molecule has 1 amide bonds. The molecule has 5 nitrogen and oxygen atoms in total. The van der Waals surface area contributed by atoms with Crippen LogP contribution in [0.2, 0.25) is 0 Å². The molecule has 154 valence electrons. The van der Waals surface area contributed by atoms with E-state index in [-0.39, 0.29) is 18.6 Å². The molecule has 0 radical (unpaired) electrons. The molecule has 2 aliphatic heterocycles. The Morgan fingerprint density at radius 2 is 1.93 bits per heavy atom. The highest BCUT2D eigenvalue weighted by atomic mass is 16.6. The second-order valence-electron chi connectivity index (χ2n) is 8.13. The lowest BCUT2D eigenvalue weighted by molar-refractivity contribution is -0.134. The number of benzene rings is 2. The Hall–Kier alpha value is -2.69. The van der Waals surface area contributed by atoms with E-state index >= 15 is 0 Å². The minimum atomic E-state index is 0.0265. The summed E-state index contributed by atoms with van der Waals surface area (Å²) in [5.41, 5.74) is 3.36. The summed E-state index contributed by atoms with van der Waals surface area (Å²) in [4.78, 5) is 14.9. The van der Waals surface area contributed by atoms with E-state index in [4.69, 9.17) is 14.2 Å². The van der Waals surface area contributed by atoms with Crippen LogP contribution in [0.5, 0.6) is 17.2 Å². The Kier molecular flexibility index (Phi) is 5.65. The van der Waals surface area contributed by atoms with Crippen molar-refractivity contribution in [2.45, 2.75) is 45.6 Å². The lowest BCUT2D eigenvalue weighted by Crippen LogP contribution is -2.34. The smallest absolute Gasteiger partial charge is 0.261 e. The molecule has 4 rings (SSSR count). The van der Waals surface area contributed by atoms with E-state index in [0.717, 1.165) is 53.3 Å². The van der Waals surface area contributed by atoms with Gasteiger partial charge in [0.15, 0.2) is 18.1 Å². The Morgan fingerprint density at radius 3 is 2.72 bits per heavy atom. The van der Waals surface area contributed by atoms with Gasteiger partial charge in [-0.25, -0.2) is 0 Å². The number of rotatable bonds is 5. The van der Waals surface area contributed by atoms with E-state index in [1.165, 1.54) is 0 Å². The van der Waals surface area contributed by atoms with Crippen molar-refractivity contribution in [1.82, 2.24) is 4.90 Å². The maximum absolute atomic E-state index is 13.0. The number of hydrogen-bond donors (Lipinski definition) is 0. The Morgan fingerprint density at radius 1 is 1.14 bits per heavy atom. The number of likely N-dealkylation sites (tertiary alicyclic amines) is 1. The Labute approximate surface area is 172 Å². The van der Waals surface area contributed by atoms with E-state index < -0.39 is 0 Å². The zero-order chi connectivity index (χ0) is 20.4. The maximum atomic E-state index is 13.0. The summed E-state index contributed by atoms with van der Waals surface area (Å²) in [6, 6.07) is 12.3. The summed E-state index contributed by atoms with van der Waals surface area (Å²) in [7, 11) is 0. The van der Waals surface area contributed by atoms with Gasteiger partial charge in [-0.05, 0) is 60.6 Å². The molecule has 1 unspecified atom stereocenters. The van der Waals surface area contributed by atoms with E-state index in [0.29, 0.717) is 19.1 Å². The van der Waals surface area contributed by atoms with Crippen molar-refractivity contribution in [3.8, 4) is 17.2 Å². The normalized spacial score (nSPS) is 18.2. The van der Waals surface area contributed by atoms with Crippen molar-refractivity contribution in [3.63, 3.8) is 0 Å². The van der Waals surface area contributed by atoms with Gasteiger partial charge in [0.2, 0.25) is 0 Å². The molecule has 0 spiro atoms. The average molecular weight is 395 g/mol. The van der Waals surface area contributed by atoms with Gasteiger partial charge in [-0.3, -0.25) is 4.79 Å². The molecule has 29 heavy (non-hydrogen) atoms. The third kappa shape index (κ3) is 4.19. The van der Waals surface area contributed by atoms with Crippen LogP contribution in [0.25, 0.3) is 0 Å². The van der Waals surface area contributed by atoms with E-state index in [9.17, 15) is 4.79 Å². The van der Waals surface area contributed by atoms with Crippen molar-refractivity contribution < 1.29 is 19.0 Å². The molecule has 2 aliphatic rings. The lowest BCUT2D eigenvalue weighted by Gasteiger charge is -2.27. The highest BCUT2D eigenvalue weighted by molar-refractivity contribution is 5.78. The first-order chi connectivity index (χ1) is 14.0. The van der Waals surface area contributed by atoms with Gasteiger partial charge in [-0.2, -0.15) is 0 Å². The molecule has 2 aromatic carbocycles. The summed E-state index contributed by atoms with van der Waals surface area (Å²) in [6.45, 7) is 8.27. The van der Waals surface area contributed by atoms with Gasteiger partial charge in [0.25, 0.3) is 5.91 Å². The molecule has 2 aromatic rings. The zero-order valence-electron chi connectivity index (χ0n) is 17.4. The molecule has 2 heterocycles. The summed E-state index contributed by atoms with van der Waals surface area (Å²) in [6.07, 6.45) is 1.94. The number of fused-ring (bicyclic) bond motifs is 1. The number of hydrogen-bond acceptors (Lipinski definition) is 4. The van der Waals surface area contributed by atoms with Crippen molar-refractivity contribution >= 4 is 5.91 Å². The molecule has 0 saturated carbocycles. The zero-order valence-corrected chi connectivity index (χ0v) is 17.4. The minimum absolute atomic E-state index is 0.0265. The van der Waals surface area contributed by atoms with Gasteiger partial charge in [0.1, 0.15) is 19.0 Å². The van der Waals surface area contributed by atoms with Crippen LogP contribution in [0.3, 0.4) is 0 Å². The summed E-state index contributed by atoms with van der Waals surface area (Å²) < 4.78 is 17.3. The van der Waals surface area contributed by atoms with Gasteiger partial charge in [0, 0.05) is 6.54 Å². The Bertz CT molecular complexity index is 892. The number of carbonyl (C=O) groups excluding carboxylic acids is 1. The highest BCUT2D eigenvalue weighted by Crippen LogP contribution is 2.38. The number of ether oxygens (including phenoxy) is 3. The summed E-state index contributed by atoms with van der Waals surface area (Å²) in [5.74, 6) is 2.73. The fourth-order valence-electron chi connectivity index (χ4n) is 4.14. The number of amides is 1. The van der Waals surface area contributed by atoms with Crippen LogP contribution in [-0.4, -0.2) is 37.2 Å². The number of carbonyl (C=O) groups is 1. The molecular formula is C24H29NO4. The van der Waals surface area contributed by atoms with E-state index in [2.05, 4.69) is 26.0 Å². The quantitative estimate of drug-likeness (QED) is 0.740. The van der Waals surface area contributed by atoms with E-state index in [1.807, 2.05) is 36.1 Å². The fraction of sp³-hybridized carbons (Fsp3) is 0.458. The molecule has 5 heteroatoms. The molecule has 0 bridgehead atoms. The van der Waals surface area contributed by atoms with Crippen LogP contribution in [0.1, 0.15) is 55.3 Å².